The van der Waals surface area contributed by atoms with Crippen LogP contribution in [0, 0.1) is 0 Å². The molecule has 7 nitrogen and oxygen atoms in total. The van der Waals surface area contributed by atoms with Crippen molar-refractivity contribution in [1.82, 2.24) is 0 Å². The van der Waals surface area contributed by atoms with E-state index in [2.05, 4.69) is 55.4 Å². The molecule has 7 heteroatoms. The van der Waals surface area contributed by atoms with Crippen molar-refractivity contribution in [3.63, 3.8) is 0 Å². The fraction of sp³-hybridized carbons (Fsp3) is 0.917. The molecule has 0 fully saturated rings. The van der Waals surface area contributed by atoms with E-state index in [1.54, 1.807) is 0 Å². The molecule has 2 atom stereocenters. The van der Waals surface area contributed by atoms with E-state index in [9.17, 15) is 0 Å². The van der Waals surface area contributed by atoms with E-state index in [0.29, 0.717) is 26.4 Å². The number of ether oxygens (including phenoxy) is 7. The number of hydrogen-bond donors (Lipinski definition) is 0. The van der Waals surface area contributed by atoms with Crippen molar-refractivity contribution in [3.05, 3.63) is 23.0 Å². The number of hydrogen-bond acceptors (Lipinski definition) is 7. The van der Waals surface area contributed by atoms with Crippen molar-refractivity contribution in [1.29, 1.82) is 0 Å². The fourth-order valence-corrected chi connectivity index (χ4v) is 6.46. The highest BCUT2D eigenvalue weighted by Crippen LogP contribution is 2.26. The van der Waals surface area contributed by atoms with Gasteiger partial charge in [0.05, 0.1) is 26.4 Å². The van der Waals surface area contributed by atoms with Gasteiger partial charge in [-0.05, 0) is 51.4 Å². The molecule has 0 heterocycles. The summed E-state index contributed by atoms with van der Waals surface area (Å²) in [5.74, 6) is 3.65. The minimum Gasteiger partial charge on any atom is -0.494 e. The van der Waals surface area contributed by atoms with Crippen LogP contribution in [0.4, 0.5) is 0 Å². The SMILES string of the molecule is CCCCCCCCCCC(OCCCC)=C(OCCCC)C(CC)OCOCOC(CC)C(OCCCC)=C(CCCCCCCCCC)OCCCC. The Morgan fingerprint density at radius 1 is 0.327 bits per heavy atom. The molecule has 0 bridgehead atoms. The molecule has 0 N–H and O–H groups in total. The summed E-state index contributed by atoms with van der Waals surface area (Å²) >= 11 is 0. The molecule has 0 aromatic rings. The highest BCUT2D eigenvalue weighted by atomic mass is 16.7. The Kier molecular flexibility index (Phi) is 41.1. The first-order valence-corrected chi connectivity index (χ1v) is 23.9. The Morgan fingerprint density at radius 3 is 0.927 bits per heavy atom. The summed E-state index contributed by atoms with van der Waals surface area (Å²) in [4.78, 5) is 0. The Labute approximate surface area is 342 Å². The monoisotopic (exact) mass is 783 g/mol. The Hall–Kier alpha value is -1.44. The molecule has 55 heavy (non-hydrogen) atoms. The van der Waals surface area contributed by atoms with Crippen molar-refractivity contribution >= 4 is 0 Å². The molecule has 0 saturated carbocycles. The van der Waals surface area contributed by atoms with Gasteiger partial charge in [-0.15, -0.1) is 0 Å². The zero-order valence-corrected chi connectivity index (χ0v) is 38.1. The van der Waals surface area contributed by atoms with E-state index < -0.39 is 0 Å². The van der Waals surface area contributed by atoms with Crippen LogP contribution in [0.3, 0.4) is 0 Å². The summed E-state index contributed by atoms with van der Waals surface area (Å²) in [5.41, 5.74) is 0. The van der Waals surface area contributed by atoms with Crippen molar-refractivity contribution in [2.75, 3.05) is 40.0 Å². The standard InChI is InChI=1S/C48H94O7/c1-9-17-23-25-27-29-31-33-35-45(50-37-19-11-3)47(52-39-21-13-5)43(15-7)54-41-49-42-55-44(16-8)48(53-40-22-14-6)46(51-38-20-12-4)36-34-32-30-28-26-24-18-10-2/h43-44H,9-42H2,1-8H3. The molecule has 0 aliphatic heterocycles. The third kappa shape index (κ3) is 30.3. The van der Waals surface area contributed by atoms with Gasteiger partial charge in [-0.2, -0.15) is 0 Å². The van der Waals surface area contributed by atoms with E-state index >= 15 is 0 Å². The van der Waals surface area contributed by atoms with Gasteiger partial charge in [0, 0.05) is 12.8 Å². The second-order valence-corrected chi connectivity index (χ2v) is 15.4. The van der Waals surface area contributed by atoms with Crippen molar-refractivity contribution in [3.8, 4) is 0 Å². The van der Waals surface area contributed by atoms with Crippen LogP contribution < -0.4 is 0 Å². The van der Waals surface area contributed by atoms with Crippen LogP contribution in [0.15, 0.2) is 23.0 Å². The lowest BCUT2D eigenvalue weighted by molar-refractivity contribution is -0.166. The van der Waals surface area contributed by atoms with Gasteiger partial charge in [-0.1, -0.05) is 171 Å². The van der Waals surface area contributed by atoms with E-state index in [1.165, 1.54) is 89.9 Å². The molecular weight excluding hydrogens is 689 g/mol. The molecule has 2 unspecified atom stereocenters. The minimum absolute atomic E-state index is 0.115. The fourth-order valence-electron chi connectivity index (χ4n) is 6.46. The van der Waals surface area contributed by atoms with Gasteiger partial charge < -0.3 is 33.2 Å². The van der Waals surface area contributed by atoms with Gasteiger partial charge >= 0.3 is 0 Å². The predicted molar refractivity (Wildman–Crippen MR) is 233 cm³/mol. The maximum atomic E-state index is 6.48. The summed E-state index contributed by atoms with van der Waals surface area (Å²) in [6.07, 6.45) is 31.8. The Bertz CT molecular complexity index is 789. The zero-order valence-electron chi connectivity index (χ0n) is 38.1. The normalized spacial score (nSPS) is 13.7. The molecule has 0 aliphatic carbocycles. The number of unbranched alkanes of at least 4 members (excludes halogenated alkanes) is 18. The van der Waals surface area contributed by atoms with Gasteiger partial charge in [0.15, 0.2) is 25.1 Å². The predicted octanol–water partition coefficient (Wildman–Crippen LogP) is 15.3. The number of allylic oxidation sites excluding steroid dienone is 2. The quantitative estimate of drug-likeness (QED) is 0.0346. The molecule has 328 valence electrons. The lowest BCUT2D eigenvalue weighted by Crippen LogP contribution is -2.24. The Morgan fingerprint density at radius 2 is 0.618 bits per heavy atom. The summed E-state index contributed by atoms with van der Waals surface area (Å²) in [7, 11) is 0. The summed E-state index contributed by atoms with van der Waals surface area (Å²) in [6, 6.07) is 0. The van der Waals surface area contributed by atoms with Crippen molar-refractivity contribution < 1.29 is 33.2 Å². The third-order valence-electron chi connectivity index (χ3n) is 10.2. The average molecular weight is 783 g/mol. The maximum absolute atomic E-state index is 6.48. The lowest BCUT2D eigenvalue weighted by Gasteiger charge is -2.25. The van der Waals surface area contributed by atoms with E-state index in [4.69, 9.17) is 33.2 Å². The average Bonchev–Trinajstić information content (AvgIpc) is 3.19. The van der Waals surface area contributed by atoms with E-state index in [-0.39, 0.29) is 25.8 Å². The van der Waals surface area contributed by atoms with Crippen LogP contribution in [0.1, 0.15) is 235 Å². The lowest BCUT2D eigenvalue weighted by atomic mass is 10.1. The Balaban J connectivity index is 5.67. The molecule has 0 radical (unpaired) electrons. The van der Waals surface area contributed by atoms with Crippen molar-refractivity contribution in [2.45, 2.75) is 247 Å². The van der Waals surface area contributed by atoms with Gasteiger partial charge in [0.2, 0.25) is 0 Å². The largest absolute Gasteiger partial charge is 0.494 e. The highest BCUT2D eigenvalue weighted by Gasteiger charge is 2.24. The van der Waals surface area contributed by atoms with Crippen LogP contribution in [0.25, 0.3) is 0 Å². The maximum Gasteiger partial charge on any atom is 0.162 e. The van der Waals surface area contributed by atoms with Crippen LogP contribution in [0.5, 0.6) is 0 Å². The highest BCUT2D eigenvalue weighted by molar-refractivity contribution is 5.09. The third-order valence-corrected chi connectivity index (χ3v) is 10.2. The molecule has 0 amide bonds. The van der Waals surface area contributed by atoms with Crippen LogP contribution in [-0.2, 0) is 33.2 Å². The van der Waals surface area contributed by atoms with Crippen LogP contribution >= 0.6 is 0 Å². The van der Waals surface area contributed by atoms with Gasteiger partial charge in [0.1, 0.15) is 23.7 Å². The van der Waals surface area contributed by atoms with Gasteiger partial charge in [-0.25, -0.2) is 0 Å². The van der Waals surface area contributed by atoms with Gasteiger partial charge in [0.25, 0.3) is 0 Å². The van der Waals surface area contributed by atoms with E-state index in [0.717, 1.165) is 113 Å². The summed E-state index contributed by atoms with van der Waals surface area (Å²) in [6.45, 7) is 20.6. The summed E-state index contributed by atoms with van der Waals surface area (Å²) < 4.78 is 44.7. The molecule has 0 rings (SSSR count). The molecule has 0 aromatic heterocycles. The molecule has 0 spiro atoms. The first kappa shape index (κ1) is 53.6. The second kappa shape index (κ2) is 42.2. The first-order chi connectivity index (χ1) is 27.1. The topological polar surface area (TPSA) is 64.6 Å². The molecule has 0 saturated heterocycles. The first-order valence-electron chi connectivity index (χ1n) is 23.9. The van der Waals surface area contributed by atoms with Gasteiger partial charge in [-0.3, -0.25) is 0 Å². The minimum atomic E-state index is -0.234. The van der Waals surface area contributed by atoms with Crippen LogP contribution in [0.2, 0.25) is 0 Å². The molecule has 0 aliphatic rings. The van der Waals surface area contributed by atoms with Crippen molar-refractivity contribution in [2.24, 2.45) is 0 Å². The van der Waals surface area contributed by atoms with E-state index in [1.807, 2.05) is 0 Å². The number of rotatable bonds is 44. The summed E-state index contributed by atoms with van der Waals surface area (Å²) in [5, 5.41) is 0. The molecular formula is C48H94O7. The van der Waals surface area contributed by atoms with Crippen LogP contribution in [-0.4, -0.2) is 52.2 Å². The second-order valence-electron chi connectivity index (χ2n) is 15.4. The molecule has 0 aromatic carbocycles. The smallest absolute Gasteiger partial charge is 0.162 e. The zero-order chi connectivity index (χ0) is 40.5.